The van der Waals surface area contributed by atoms with Crippen LogP contribution in [-0.4, -0.2) is 28.5 Å². The van der Waals surface area contributed by atoms with E-state index in [0.29, 0.717) is 6.04 Å². The lowest BCUT2D eigenvalue weighted by Gasteiger charge is -2.39. The minimum absolute atomic E-state index is 0.276. The molecule has 1 fully saturated rings. The van der Waals surface area contributed by atoms with Crippen LogP contribution in [0.5, 0.6) is 0 Å². The average Bonchev–Trinajstić information content (AvgIpc) is 3.01. The SMILES string of the molecule is C[C@H]1CCN1c1nc2c(c(-c3ccc(CC(N)=O)cc3)n1)CCC2. The number of nitrogens with zero attached hydrogens (tertiary/aromatic N) is 3. The van der Waals surface area contributed by atoms with Crippen LogP contribution >= 0.6 is 0 Å². The Morgan fingerprint density at radius 3 is 2.67 bits per heavy atom. The summed E-state index contributed by atoms with van der Waals surface area (Å²) in [6.45, 7) is 3.26. The highest BCUT2D eigenvalue weighted by atomic mass is 16.1. The molecule has 24 heavy (non-hydrogen) atoms. The number of nitrogens with two attached hydrogens (primary N) is 1. The average molecular weight is 322 g/mol. The Morgan fingerprint density at radius 1 is 1.25 bits per heavy atom. The van der Waals surface area contributed by atoms with E-state index in [1.165, 1.54) is 17.7 Å². The molecule has 1 aliphatic carbocycles. The molecule has 0 bridgehead atoms. The molecule has 1 atom stereocenters. The zero-order valence-electron chi connectivity index (χ0n) is 14.0. The molecule has 2 N–H and O–H groups in total. The predicted octanol–water partition coefficient (Wildman–Crippen LogP) is 2.26. The van der Waals surface area contributed by atoms with Crippen LogP contribution in [0, 0.1) is 0 Å². The first-order chi connectivity index (χ1) is 11.6. The molecular formula is C19H22N4O. The van der Waals surface area contributed by atoms with Gasteiger partial charge in [0.05, 0.1) is 12.1 Å². The number of aryl methyl sites for hydroxylation is 1. The van der Waals surface area contributed by atoms with Gasteiger partial charge in [-0.05, 0) is 38.2 Å². The van der Waals surface area contributed by atoms with Crippen LogP contribution in [-0.2, 0) is 24.1 Å². The van der Waals surface area contributed by atoms with Gasteiger partial charge in [-0.1, -0.05) is 24.3 Å². The highest BCUT2D eigenvalue weighted by Crippen LogP contribution is 2.33. The van der Waals surface area contributed by atoms with Crippen LogP contribution in [0.2, 0.25) is 0 Å². The molecule has 2 heterocycles. The molecule has 0 radical (unpaired) electrons. The van der Waals surface area contributed by atoms with E-state index in [4.69, 9.17) is 15.7 Å². The van der Waals surface area contributed by atoms with Gasteiger partial charge in [0.25, 0.3) is 0 Å². The molecule has 0 saturated carbocycles. The minimum atomic E-state index is -0.306. The van der Waals surface area contributed by atoms with Crippen molar-refractivity contribution in [3.05, 3.63) is 41.1 Å². The van der Waals surface area contributed by atoms with E-state index in [1.54, 1.807) is 0 Å². The van der Waals surface area contributed by atoms with Crippen LogP contribution in [0.15, 0.2) is 24.3 Å². The number of rotatable bonds is 4. The number of hydrogen-bond acceptors (Lipinski definition) is 4. The Bertz CT molecular complexity index is 785. The molecule has 5 heteroatoms. The fourth-order valence-corrected chi connectivity index (χ4v) is 3.58. The molecule has 0 unspecified atom stereocenters. The molecule has 2 aliphatic rings. The normalized spacial score (nSPS) is 19.0. The standard InChI is InChI=1S/C19H22N4O/c1-12-9-10-23(12)19-21-16-4-2-3-15(16)18(22-19)14-7-5-13(6-8-14)11-17(20)24/h5-8,12H,2-4,9-11H2,1H3,(H2,20,24)/t12-/m0/s1. The van der Waals surface area contributed by atoms with Crippen molar-refractivity contribution in [3.63, 3.8) is 0 Å². The van der Waals surface area contributed by atoms with Crippen LogP contribution in [0.3, 0.4) is 0 Å². The number of carbonyl (C=O) groups excluding carboxylic acids is 1. The maximum atomic E-state index is 11.1. The summed E-state index contributed by atoms with van der Waals surface area (Å²) in [4.78, 5) is 23.1. The van der Waals surface area contributed by atoms with E-state index in [2.05, 4.69) is 11.8 Å². The predicted molar refractivity (Wildman–Crippen MR) is 93.8 cm³/mol. The van der Waals surface area contributed by atoms with E-state index in [1.807, 2.05) is 24.3 Å². The summed E-state index contributed by atoms with van der Waals surface area (Å²) in [5, 5.41) is 0. The van der Waals surface area contributed by atoms with Gasteiger partial charge in [0.2, 0.25) is 11.9 Å². The number of anilines is 1. The van der Waals surface area contributed by atoms with Crippen molar-refractivity contribution in [1.82, 2.24) is 9.97 Å². The van der Waals surface area contributed by atoms with Gasteiger partial charge < -0.3 is 10.6 Å². The summed E-state index contributed by atoms with van der Waals surface area (Å²) < 4.78 is 0. The van der Waals surface area contributed by atoms with Crippen molar-refractivity contribution < 1.29 is 4.79 Å². The molecule has 124 valence electrons. The molecule has 1 aliphatic heterocycles. The van der Waals surface area contributed by atoms with Gasteiger partial charge in [-0.15, -0.1) is 0 Å². The summed E-state index contributed by atoms with van der Waals surface area (Å²) in [6.07, 6.45) is 4.72. The topological polar surface area (TPSA) is 72.1 Å². The van der Waals surface area contributed by atoms with Gasteiger partial charge in [0.1, 0.15) is 0 Å². The van der Waals surface area contributed by atoms with Gasteiger partial charge in [-0.2, -0.15) is 0 Å². The fourth-order valence-electron chi connectivity index (χ4n) is 3.58. The largest absolute Gasteiger partial charge is 0.369 e. The number of benzene rings is 1. The van der Waals surface area contributed by atoms with Gasteiger partial charge in [0, 0.05) is 29.4 Å². The fraction of sp³-hybridized carbons (Fsp3) is 0.421. The van der Waals surface area contributed by atoms with Crippen molar-refractivity contribution in [2.24, 2.45) is 5.73 Å². The third kappa shape index (κ3) is 2.64. The van der Waals surface area contributed by atoms with Gasteiger partial charge in [0.15, 0.2) is 0 Å². The van der Waals surface area contributed by atoms with Gasteiger partial charge in [-0.25, -0.2) is 9.97 Å². The first-order valence-corrected chi connectivity index (χ1v) is 8.66. The highest BCUT2D eigenvalue weighted by molar-refractivity contribution is 5.77. The van der Waals surface area contributed by atoms with Gasteiger partial charge >= 0.3 is 0 Å². The third-order valence-corrected chi connectivity index (χ3v) is 5.10. The molecule has 5 nitrogen and oxygen atoms in total. The second kappa shape index (κ2) is 5.89. The molecule has 1 amide bonds. The molecular weight excluding hydrogens is 300 g/mol. The highest BCUT2D eigenvalue weighted by Gasteiger charge is 2.29. The zero-order valence-corrected chi connectivity index (χ0v) is 14.0. The van der Waals surface area contributed by atoms with Crippen molar-refractivity contribution in [1.29, 1.82) is 0 Å². The lowest BCUT2D eigenvalue weighted by atomic mass is 10.0. The van der Waals surface area contributed by atoms with Crippen molar-refractivity contribution in [2.45, 2.75) is 45.1 Å². The second-order valence-corrected chi connectivity index (χ2v) is 6.82. The quantitative estimate of drug-likeness (QED) is 0.937. The minimum Gasteiger partial charge on any atom is -0.369 e. The summed E-state index contributed by atoms with van der Waals surface area (Å²) in [5.41, 5.74) is 10.8. The van der Waals surface area contributed by atoms with E-state index in [0.717, 1.165) is 48.6 Å². The van der Waals surface area contributed by atoms with Crippen LogP contribution in [0.25, 0.3) is 11.3 Å². The molecule has 1 aromatic heterocycles. The summed E-state index contributed by atoms with van der Waals surface area (Å²) in [6, 6.07) is 8.55. The smallest absolute Gasteiger partial charge is 0.226 e. The summed E-state index contributed by atoms with van der Waals surface area (Å²) in [5.74, 6) is 0.561. The second-order valence-electron chi connectivity index (χ2n) is 6.82. The number of amides is 1. The first-order valence-electron chi connectivity index (χ1n) is 8.66. The Morgan fingerprint density at radius 2 is 2.04 bits per heavy atom. The van der Waals surface area contributed by atoms with Crippen LogP contribution < -0.4 is 10.6 Å². The van der Waals surface area contributed by atoms with E-state index >= 15 is 0 Å². The molecule has 4 rings (SSSR count). The van der Waals surface area contributed by atoms with E-state index in [9.17, 15) is 4.79 Å². The Labute approximate surface area is 141 Å². The van der Waals surface area contributed by atoms with Crippen molar-refractivity contribution in [3.8, 4) is 11.3 Å². The van der Waals surface area contributed by atoms with E-state index in [-0.39, 0.29) is 12.3 Å². The lowest BCUT2D eigenvalue weighted by molar-refractivity contribution is -0.117. The number of primary amides is 1. The van der Waals surface area contributed by atoms with Crippen LogP contribution in [0.1, 0.15) is 36.6 Å². The maximum absolute atomic E-state index is 11.1. The number of carbonyl (C=O) groups is 1. The molecule has 2 aromatic rings. The lowest BCUT2D eigenvalue weighted by Crippen LogP contribution is -2.46. The monoisotopic (exact) mass is 322 g/mol. The Balaban J connectivity index is 1.72. The number of aromatic nitrogens is 2. The third-order valence-electron chi connectivity index (χ3n) is 5.10. The van der Waals surface area contributed by atoms with Crippen LogP contribution in [0.4, 0.5) is 5.95 Å². The van der Waals surface area contributed by atoms with Crippen molar-refractivity contribution in [2.75, 3.05) is 11.4 Å². The molecule has 0 spiro atoms. The first kappa shape index (κ1) is 15.1. The van der Waals surface area contributed by atoms with Gasteiger partial charge in [-0.3, -0.25) is 4.79 Å². The summed E-state index contributed by atoms with van der Waals surface area (Å²) >= 11 is 0. The Hall–Kier alpha value is -2.43. The van der Waals surface area contributed by atoms with E-state index < -0.39 is 0 Å². The maximum Gasteiger partial charge on any atom is 0.226 e. The van der Waals surface area contributed by atoms with Crippen molar-refractivity contribution >= 4 is 11.9 Å². The molecule has 1 saturated heterocycles. The number of fused-ring (bicyclic) bond motifs is 1. The summed E-state index contributed by atoms with van der Waals surface area (Å²) in [7, 11) is 0. The molecule has 1 aromatic carbocycles. The number of hydrogen-bond donors (Lipinski definition) is 1. The Kier molecular flexibility index (Phi) is 3.71. The zero-order chi connectivity index (χ0) is 16.7.